The number of piperidine rings is 1. The highest BCUT2D eigenvalue weighted by atomic mass is 35.5. The maximum absolute atomic E-state index is 8.75. The van der Waals surface area contributed by atoms with E-state index in [4.69, 9.17) is 21.8 Å². The molecule has 0 unspecified atom stereocenters. The van der Waals surface area contributed by atoms with Crippen LogP contribution in [0.2, 0.25) is 5.02 Å². The highest BCUT2D eigenvalue weighted by Crippen LogP contribution is 2.38. The van der Waals surface area contributed by atoms with Crippen LogP contribution in [0.3, 0.4) is 0 Å². The predicted octanol–water partition coefficient (Wildman–Crippen LogP) is 5.04. The molecule has 0 atom stereocenters. The third-order valence-corrected chi connectivity index (χ3v) is 5.94. The summed E-state index contributed by atoms with van der Waals surface area (Å²) < 4.78 is 0. The van der Waals surface area contributed by atoms with Crippen molar-refractivity contribution >= 4 is 17.2 Å². The van der Waals surface area contributed by atoms with Crippen molar-refractivity contribution in [3.63, 3.8) is 0 Å². The number of aryl methyl sites for hydroxylation is 2. The van der Waals surface area contributed by atoms with E-state index in [9.17, 15) is 0 Å². The molecule has 2 aromatic rings. The van der Waals surface area contributed by atoms with Gasteiger partial charge < -0.3 is 4.90 Å². The minimum atomic E-state index is 0.649. The summed E-state index contributed by atoms with van der Waals surface area (Å²) in [7, 11) is 0. The molecule has 1 aromatic heterocycles. The summed E-state index contributed by atoms with van der Waals surface area (Å²) in [6, 6.07) is 12.8. The van der Waals surface area contributed by atoms with Crippen molar-refractivity contribution in [1.82, 2.24) is 9.88 Å². The minimum absolute atomic E-state index is 0.649. The Hall–Kier alpha value is -2.15. The number of rotatable bonds is 3. The zero-order valence-corrected chi connectivity index (χ0v) is 16.3. The van der Waals surface area contributed by atoms with Gasteiger partial charge in [0, 0.05) is 36.3 Å². The second-order valence-corrected chi connectivity index (χ2v) is 7.83. The number of pyridine rings is 1. The van der Waals surface area contributed by atoms with Crippen LogP contribution in [0.25, 0.3) is 5.57 Å². The van der Waals surface area contributed by atoms with Gasteiger partial charge in [0.05, 0.1) is 11.8 Å². The van der Waals surface area contributed by atoms with Crippen molar-refractivity contribution in [2.75, 3.05) is 19.6 Å². The van der Waals surface area contributed by atoms with Gasteiger partial charge in [-0.3, -0.25) is 4.98 Å². The second kappa shape index (κ2) is 8.25. The fourth-order valence-electron chi connectivity index (χ4n) is 4.31. The Morgan fingerprint density at radius 1 is 1.07 bits per heavy atom. The van der Waals surface area contributed by atoms with Gasteiger partial charge in [0.2, 0.25) is 0 Å². The molecule has 138 valence electrons. The fourth-order valence-corrected chi connectivity index (χ4v) is 4.51. The lowest BCUT2D eigenvalue weighted by molar-refractivity contribution is 0.255. The van der Waals surface area contributed by atoms with Crippen LogP contribution < -0.4 is 0 Å². The van der Waals surface area contributed by atoms with Crippen molar-refractivity contribution in [1.29, 1.82) is 5.26 Å². The summed E-state index contributed by atoms with van der Waals surface area (Å²) in [5.41, 5.74) is 7.99. The lowest BCUT2D eigenvalue weighted by atomic mass is 9.88. The Balaban J connectivity index is 1.69. The minimum Gasteiger partial charge on any atom is -0.303 e. The average Bonchev–Trinajstić information content (AvgIpc) is 2.85. The average molecular weight is 378 g/mol. The van der Waals surface area contributed by atoms with Crippen LogP contribution in [0.5, 0.6) is 0 Å². The molecule has 0 spiro atoms. The van der Waals surface area contributed by atoms with Gasteiger partial charge in [-0.25, -0.2) is 0 Å². The van der Waals surface area contributed by atoms with Crippen molar-refractivity contribution in [3.05, 3.63) is 69.5 Å². The van der Waals surface area contributed by atoms with Crippen molar-refractivity contribution in [2.24, 2.45) is 0 Å². The number of unbranched alkanes of at least 4 members (excludes halogenated alkanes) is 1. The summed E-state index contributed by atoms with van der Waals surface area (Å²) in [6.07, 6.45) is 7.68. The van der Waals surface area contributed by atoms with Crippen molar-refractivity contribution < 1.29 is 0 Å². The fraction of sp³-hybridized carbons (Fsp3) is 0.391. The SMILES string of the molecule is N#CCCCN1CCC(=C2c3ccc(Cl)cc3CCc3cccnc32)CC1. The largest absolute Gasteiger partial charge is 0.303 e. The Labute approximate surface area is 166 Å². The molecule has 1 aliphatic heterocycles. The van der Waals surface area contributed by atoms with Crippen LogP contribution >= 0.6 is 11.6 Å². The molecule has 0 bridgehead atoms. The summed E-state index contributed by atoms with van der Waals surface area (Å²) in [5.74, 6) is 0. The maximum atomic E-state index is 8.75. The monoisotopic (exact) mass is 377 g/mol. The Morgan fingerprint density at radius 2 is 1.89 bits per heavy atom. The highest BCUT2D eigenvalue weighted by molar-refractivity contribution is 6.30. The van der Waals surface area contributed by atoms with Gasteiger partial charge in [0.1, 0.15) is 0 Å². The van der Waals surface area contributed by atoms with E-state index >= 15 is 0 Å². The van der Waals surface area contributed by atoms with E-state index in [1.807, 2.05) is 18.3 Å². The zero-order valence-electron chi connectivity index (χ0n) is 15.5. The van der Waals surface area contributed by atoms with Crippen molar-refractivity contribution in [3.8, 4) is 6.07 Å². The van der Waals surface area contributed by atoms with Crippen LogP contribution in [-0.4, -0.2) is 29.5 Å². The normalized spacial score (nSPS) is 17.0. The van der Waals surface area contributed by atoms with Gasteiger partial charge in [-0.15, -0.1) is 0 Å². The van der Waals surface area contributed by atoms with Crippen LogP contribution in [0.4, 0.5) is 0 Å². The van der Waals surface area contributed by atoms with Gasteiger partial charge >= 0.3 is 0 Å². The third-order valence-electron chi connectivity index (χ3n) is 5.70. The third kappa shape index (κ3) is 3.93. The number of hydrogen-bond acceptors (Lipinski definition) is 3. The molecule has 0 saturated carbocycles. The molecule has 0 amide bonds. The van der Waals surface area contributed by atoms with Crippen LogP contribution in [0.15, 0.2) is 42.1 Å². The maximum Gasteiger partial charge on any atom is 0.0739 e. The van der Waals surface area contributed by atoms with Gasteiger partial charge in [-0.1, -0.05) is 29.3 Å². The Kier molecular flexibility index (Phi) is 5.57. The predicted molar refractivity (Wildman–Crippen MR) is 110 cm³/mol. The number of nitriles is 1. The van der Waals surface area contributed by atoms with Crippen molar-refractivity contribution in [2.45, 2.75) is 38.5 Å². The Bertz CT molecular complexity index is 900. The van der Waals surface area contributed by atoms with Gasteiger partial charge in [0.15, 0.2) is 0 Å². The lowest BCUT2D eigenvalue weighted by Gasteiger charge is -2.30. The topological polar surface area (TPSA) is 39.9 Å². The number of hydrogen-bond donors (Lipinski definition) is 0. The first kappa shape index (κ1) is 18.2. The Morgan fingerprint density at radius 3 is 2.70 bits per heavy atom. The molecule has 0 N–H and O–H groups in total. The molecule has 2 aliphatic rings. The molecule has 2 heterocycles. The number of benzene rings is 1. The molecule has 1 aromatic carbocycles. The molecule has 1 saturated heterocycles. The molecule has 1 aliphatic carbocycles. The summed E-state index contributed by atoms with van der Waals surface area (Å²) in [4.78, 5) is 7.28. The number of nitrogens with zero attached hydrogens (tertiary/aromatic N) is 3. The molecule has 4 heteroatoms. The molecule has 1 fully saturated rings. The van der Waals surface area contributed by atoms with Gasteiger partial charge in [-0.2, -0.15) is 5.26 Å². The van der Waals surface area contributed by atoms with Crippen LogP contribution in [-0.2, 0) is 12.8 Å². The van der Waals surface area contributed by atoms with E-state index < -0.39 is 0 Å². The van der Waals surface area contributed by atoms with E-state index in [0.717, 1.165) is 62.5 Å². The molecule has 3 nitrogen and oxygen atoms in total. The van der Waals surface area contributed by atoms with E-state index in [2.05, 4.69) is 29.2 Å². The summed E-state index contributed by atoms with van der Waals surface area (Å²) in [6.45, 7) is 3.15. The summed E-state index contributed by atoms with van der Waals surface area (Å²) in [5, 5.41) is 9.56. The molecular formula is C23H24ClN3. The summed E-state index contributed by atoms with van der Waals surface area (Å²) >= 11 is 6.29. The number of halogens is 1. The molecule has 0 radical (unpaired) electrons. The first-order valence-electron chi connectivity index (χ1n) is 9.80. The highest BCUT2D eigenvalue weighted by Gasteiger charge is 2.24. The van der Waals surface area contributed by atoms with Gasteiger partial charge in [-0.05, 0) is 73.5 Å². The smallest absolute Gasteiger partial charge is 0.0739 e. The first-order chi connectivity index (χ1) is 13.3. The first-order valence-corrected chi connectivity index (χ1v) is 10.2. The number of aromatic nitrogens is 1. The number of fused-ring (bicyclic) bond motifs is 2. The molecular weight excluding hydrogens is 354 g/mol. The van der Waals surface area contributed by atoms with E-state index in [1.165, 1.54) is 27.8 Å². The second-order valence-electron chi connectivity index (χ2n) is 7.39. The number of likely N-dealkylation sites (tertiary alicyclic amines) is 1. The van der Waals surface area contributed by atoms with Crippen LogP contribution in [0.1, 0.15) is 48.1 Å². The zero-order chi connectivity index (χ0) is 18.6. The van der Waals surface area contributed by atoms with E-state index in [-0.39, 0.29) is 0 Å². The molecule has 27 heavy (non-hydrogen) atoms. The van der Waals surface area contributed by atoms with E-state index in [1.54, 1.807) is 0 Å². The lowest BCUT2D eigenvalue weighted by Crippen LogP contribution is -2.32. The van der Waals surface area contributed by atoms with Gasteiger partial charge in [0.25, 0.3) is 0 Å². The quantitative estimate of drug-likeness (QED) is 0.704. The van der Waals surface area contributed by atoms with E-state index in [0.29, 0.717) is 6.42 Å². The van der Waals surface area contributed by atoms with Crippen LogP contribution in [0, 0.1) is 11.3 Å². The standard InChI is InChI=1S/C23H24ClN3/c24-20-7-8-21-19(16-20)6-5-18-4-3-12-26-23(18)22(21)17-9-14-27(15-10-17)13-2-1-11-25/h3-4,7-8,12,16H,1-2,5-6,9-10,13-15H2. The molecule has 4 rings (SSSR count).